The van der Waals surface area contributed by atoms with Crippen molar-refractivity contribution in [3.63, 3.8) is 0 Å². The molecule has 6 nitrogen and oxygen atoms in total. The fourth-order valence-corrected chi connectivity index (χ4v) is 2.48. The fourth-order valence-electron chi connectivity index (χ4n) is 2.48. The Bertz CT molecular complexity index is 384. The number of nitrogen functional groups attached to an aromatic ring is 1. The van der Waals surface area contributed by atoms with Crippen LogP contribution in [-0.2, 0) is 11.3 Å². The summed E-state index contributed by atoms with van der Waals surface area (Å²) < 4.78 is 1.45. The van der Waals surface area contributed by atoms with E-state index in [1.807, 2.05) is 0 Å². The molecule has 1 aliphatic carbocycles. The van der Waals surface area contributed by atoms with Gasteiger partial charge in [0, 0.05) is 6.54 Å². The first kappa shape index (κ1) is 12.9. The van der Waals surface area contributed by atoms with Gasteiger partial charge >= 0.3 is 0 Å². The summed E-state index contributed by atoms with van der Waals surface area (Å²) in [6.07, 6.45) is 9.25. The van der Waals surface area contributed by atoms with Gasteiger partial charge < -0.3 is 11.1 Å². The van der Waals surface area contributed by atoms with E-state index in [1.54, 1.807) is 0 Å². The third kappa shape index (κ3) is 4.01. The molecule has 0 atom stereocenters. The van der Waals surface area contributed by atoms with Gasteiger partial charge in [0.05, 0.1) is 0 Å². The number of amides is 1. The third-order valence-corrected chi connectivity index (χ3v) is 3.46. The van der Waals surface area contributed by atoms with Gasteiger partial charge in [-0.25, -0.2) is 9.67 Å². The maximum atomic E-state index is 11.6. The highest BCUT2D eigenvalue weighted by molar-refractivity contribution is 5.75. The van der Waals surface area contributed by atoms with Crippen molar-refractivity contribution in [1.82, 2.24) is 20.1 Å². The summed E-state index contributed by atoms with van der Waals surface area (Å²) in [7, 11) is 0. The SMILES string of the molecule is Nc1ncn(CC(=O)NCCC2CCCCC2)n1. The molecule has 3 N–H and O–H groups in total. The van der Waals surface area contributed by atoms with Crippen molar-refractivity contribution in [2.24, 2.45) is 5.92 Å². The largest absolute Gasteiger partial charge is 0.367 e. The zero-order chi connectivity index (χ0) is 12.8. The number of aromatic nitrogens is 3. The molecule has 0 bridgehead atoms. The van der Waals surface area contributed by atoms with Crippen LogP contribution in [0.1, 0.15) is 38.5 Å². The van der Waals surface area contributed by atoms with Gasteiger partial charge in [-0.15, -0.1) is 5.10 Å². The number of hydrogen-bond donors (Lipinski definition) is 2. The summed E-state index contributed by atoms with van der Waals surface area (Å²) in [6.45, 7) is 0.947. The molecule has 1 amide bonds. The highest BCUT2D eigenvalue weighted by Crippen LogP contribution is 2.25. The maximum Gasteiger partial charge on any atom is 0.241 e. The molecule has 0 unspecified atom stereocenters. The molecule has 2 rings (SSSR count). The lowest BCUT2D eigenvalue weighted by molar-refractivity contribution is -0.121. The number of carbonyl (C=O) groups excluding carboxylic acids is 1. The monoisotopic (exact) mass is 251 g/mol. The van der Waals surface area contributed by atoms with Gasteiger partial charge in [0.1, 0.15) is 12.9 Å². The van der Waals surface area contributed by atoms with Crippen molar-refractivity contribution in [2.45, 2.75) is 45.1 Å². The molecule has 100 valence electrons. The van der Waals surface area contributed by atoms with E-state index in [2.05, 4.69) is 15.4 Å². The van der Waals surface area contributed by atoms with Crippen LogP contribution in [-0.4, -0.2) is 27.2 Å². The van der Waals surface area contributed by atoms with Crippen LogP contribution in [0.5, 0.6) is 0 Å². The van der Waals surface area contributed by atoms with Crippen LogP contribution in [0, 0.1) is 5.92 Å². The van der Waals surface area contributed by atoms with E-state index in [9.17, 15) is 4.79 Å². The van der Waals surface area contributed by atoms with Crippen LogP contribution in [0.15, 0.2) is 6.33 Å². The normalized spacial score (nSPS) is 16.7. The summed E-state index contributed by atoms with van der Waals surface area (Å²) in [5, 5.41) is 6.79. The van der Waals surface area contributed by atoms with Crippen LogP contribution in [0.4, 0.5) is 5.95 Å². The number of hydrogen-bond acceptors (Lipinski definition) is 4. The van der Waals surface area contributed by atoms with Crippen LogP contribution in [0.3, 0.4) is 0 Å². The summed E-state index contributed by atoms with van der Waals surface area (Å²) >= 11 is 0. The van der Waals surface area contributed by atoms with Crippen LogP contribution >= 0.6 is 0 Å². The Morgan fingerprint density at radius 1 is 1.44 bits per heavy atom. The number of nitrogens with zero attached hydrogens (tertiary/aromatic N) is 3. The predicted molar refractivity (Wildman–Crippen MR) is 68.6 cm³/mol. The molecule has 0 saturated heterocycles. The Morgan fingerprint density at radius 2 is 2.22 bits per heavy atom. The van der Waals surface area contributed by atoms with Gasteiger partial charge in [-0.05, 0) is 12.3 Å². The molecular weight excluding hydrogens is 230 g/mol. The standard InChI is InChI=1S/C12H21N5O/c13-12-15-9-17(16-12)8-11(18)14-7-6-10-4-2-1-3-5-10/h9-10H,1-8H2,(H2,13,16)(H,14,18). The van der Waals surface area contributed by atoms with Gasteiger partial charge in [-0.3, -0.25) is 4.79 Å². The lowest BCUT2D eigenvalue weighted by Crippen LogP contribution is -2.30. The highest BCUT2D eigenvalue weighted by Gasteiger charge is 2.13. The van der Waals surface area contributed by atoms with Crippen molar-refractivity contribution >= 4 is 11.9 Å². The second kappa shape index (κ2) is 6.37. The van der Waals surface area contributed by atoms with E-state index < -0.39 is 0 Å². The van der Waals surface area contributed by atoms with E-state index in [0.29, 0.717) is 0 Å². The van der Waals surface area contributed by atoms with Crippen LogP contribution < -0.4 is 11.1 Å². The zero-order valence-electron chi connectivity index (χ0n) is 10.6. The van der Waals surface area contributed by atoms with E-state index in [-0.39, 0.29) is 18.4 Å². The predicted octanol–water partition coefficient (Wildman–Crippen LogP) is 0.947. The molecule has 0 aliphatic heterocycles. The third-order valence-electron chi connectivity index (χ3n) is 3.46. The van der Waals surface area contributed by atoms with Gasteiger partial charge in [-0.2, -0.15) is 0 Å². The van der Waals surface area contributed by atoms with E-state index in [0.717, 1.165) is 18.9 Å². The Morgan fingerprint density at radius 3 is 2.89 bits per heavy atom. The second-order valence-electron chi connectivity index (χ2n) is 4.94. The van der Waals surface area contributed by atoms with Crippen molar-refractivity contribution in [2.75, 3.05) is 12.3 Å². The minimum absolute atomic E-state index is 0.0318. The van der Waals surface area contributed by atoms with Crippen molar-refractivity contribution in [1.29, 1.82) is 0 Å². The second-order valence-corrected chi connectivity index (χ2v) is 4.94. The van der Waals surface area contributed by atoms with Crippen LogP contribution in [0.25, 0.3) is 0 Å². The van der Waals surface area contributed by atoms with Crippen molar-refractivity contribution in [3.8, 4) is 0 Å². The molecule has 1 fully saturated rings. The number of carbonyl (C=O) groups is 1. The molecule has 6 heteroatoms. The smallest absolute Gasteiger partial charge is 0.241 e. The van der Waals surface area contributed by atoms with Crippen molar-refractivity contribution in [3.05, 3.63) is 6.33 Å². The van der Waals surface area contributed by atoms with Crippen molar-refractivity contribution < 1.29 is 4.79 Å². The minimum atomic E-state index is -0.0318. The van der Waals surface area contributed by atoms with E-state index in [1.165, 1.54) is 43.1 Å². The molecule has 1 heterocycles. The van der Waals surface area contributed by atoms with E-state index >= 15 is 0 Å². The highest BCUT2D eigenvalue weighted by atomic mass is 16.2. The Hall–Kier alpha value is -1.59. The summed E-state index contributed by atoms with van der Waals surface area (Å²) in [5.74, 6) is 0.960. The maximum absolute atomic E-state index is 11.6. The lowest BCUT2D eigenvalue weighted by Gasteiger charge is -2.21. The molecular formula is C12H21N5O. The molecule has 1 aromatic rings. The van der Waals surface area contributed by atoms with E-state index in [4.69, 9.17) is 5.73 Å². The van der Waals surface area contributed by atoms with Gasteiger partial charge in [0.25, 0.3) is 0 Å². The molecule has 1 saturated carbocycles. The fraction of sp³-hybridized carbons (Fsp3) is 0.750. The molecule has 0 radical (unpaired) electrons. The average Bonchev–Trinajstić information content (AvgIpc) is 2.76. The van der Waals surface area contributed by atoms with Crippen LogP contribution in [0.2, 0.25) is 0 Å². The zero-order valence-corrected chi connectivity index (χ0v) is 10.6. The Labute approximate surface area is 107 Å². The topological polar surface area (TPSA) is 85.8 Å². The average molecular weight is 251 g/mol. The summed E-state index contributed by atoms with van der Waals surface area (Å²) in [4.78, 5) is 15.4. The summed E-state index contributed by atoms with van der Waals surface area (Å²) in [5.41, 5.74) is 5.38. The minimum Gasteiger partial charge on any atom is -0.367 e. The first-order chi connectivity index (χ1) is 8.74. The first-order valence-corrected chi connectivity index (χ1v) is 6.65. The lowest BCUT2D eigenvalue weighted by atomic mass is 9.87. The molecule has 0 aromatic carbocycles. The van der Waals surface area contributed by atoms with Gasteiger partial charge in [-0.1, -0.05) is 32.1 Å². The number of rotatable bonds is 5. The number of anilines is 1. The summed E-state index contributed by atoms with van der Waals surface area (Å²) in [6, 6.07) is 0. The molecule has 0 spiro atoms. The molecule has 1 aliphatic rings. The first-order valence-electron chi connectivity index (χ1n) is 6.65. The number of nitrogens with two attached hydrogens (primary N) is 1. The Kier molecular flexibility index (Phi) is 4.55. The number of nitrogens with one attached hydrogen (secondary N) is 1. The Balaban J connectivity index is 1.62. The van der Waals surface area contributed by atoms with Gasteiger partial charge in [0.15, 0.2) is 0 Å². The molecule has 18 heavy (non-hydrogen) atoms. The van der Waals surface area contributed by atoms with Gasteiger partial charge in [0.2, 0.25) is 11.9 Å². The molecule has 1 aromatic heterocycles. The quantitative estimate of drug-likeness (QED) is 0.815.